The summed E-state index contributed by atoms with van der Waals surface area (Å²) in [7, 11) is -5.07. The van der Waals surface area contributed by atoms with E-state index in [0.29, 0.717) is 13.0 Å². The Kier molecular flexibility index (Phi) is 39.8. The Bertz CT molecular complexity index is 1300. The first kappa shape index (κ1) is 60.1. The molecule has 0 spiro atoms. The lowest BCUT2D eigenvalue weighted by atomic mass is 9.99. The summed E-state index contributed by atoms with van der Waals surface area (Å²) in [4.78, 5) is 12.9. The molecule has 4 N–H and O–H groups in total. The lowest BCUT2D eigenvalue weighted by Gasteiger charge is -2.41. The first-order valence-corrected chi connectivity index (χ1v) is 26.8. The zero-order valence-electron chi connectivity index (χ0n) is 40.1. The topological polar surface area (TPSA) is 178 Å². The van der Waals surface area contributed by atoms with Crippen molar-refractivity contribution in [2.45, 2.75) is 243 Å². The van der Waals surface area contributed by atoms with Crippen LogP contribution in [0.1, 0.15) is 206 Å². The van der Waals surface area contributed by atoms with Gasteiger partial charge >= 0.3 is 16.4 Å². The fourth-order valence-corrected chi connectivity index (χ4v) is 8.13. The fraction of sp³-hybridized carbons (Fsp3) is 0.824. The van der Waals surface area contributed by atoms with Crippen LogP contribution in [-0.4, -0.2) is 97.5 Å². The standard InChI is InChI=1S/C51H92O12S/c1-3-5-7-9-11-13-15-17-19-20-21-22-23-24-25-27-29-31-33-35-37-39-41-59-43-45(44-60-51-49(55)50(63-64(56,57)58)48(54)46(42-52)62-51)61-47(53)40-38-36-34-32-30-28-26-18-16-14-12-10-8-6-4-2/h6,8,12,14,18,20-21,26,45-46,48-52,54-55H,3-5,7,9-11,13,15-17,19,22-25,27-44H2,1-2H3,(H,56,57,58)/b8-6-,14-12-,21-20-,26-18-. The summed E-state index contributed by atoms with van der Waals surface area (Å²) in [5.74, 6) is -0.416. The van der Waals surface area contributed by atoms with Crippen molar-refractivity contribution in [1.29, 1.82) is 0 Å². The number of hydrogen-bond acceptors (Lipinski definition) is 11. The van der Waals surface area contributed by atoms with Gasteiger partial charge in [0.1, 0.15) is 30.5 Å². The second-order valence-electron chi connectivity index (χ2n) is 17.4. The second-order valence-corrected chi connectivity index (χ2v) is 18.4. The molecule has 13 heteroatoms. The van der Waals surface area contributed by atoms with Crippen molar-refractivity contribution in [2.75, 3.05) is 26.4 Å². The number of unbranched alkanes of at least 4 members (excludes halogenated alkanes) is 23. The molecule has 1 saturated heterocycles. The van der Waals surface area contributed by atoms with E-state index in [0.717, 1.165) is 70.6 Å². The summed E-state index contributed by atoms with van der Waals surface area (Å²) in [6.45, 7) is 3.87. The van der Waals surface area contributed by atoms with E-state index in [1.54, 1.807) is 0 Å². The minimum Gasteiger partial charge on any atom is -0.457 e. The van der Waals surface area contributed by atoms with Crippen LogP contribution in [0.25, 0.3) is 0 Å². The van der Waals surface area contributed by atoms with Gasteiger partial charge in [0.05, 0.1) is 19.8 Å². The molecule has 0 aromatic heterocycles. The van der Waals surface area contributed by atoms with Gasteiger partial charge < -0.3 is 34.3 Å². The number of ether oxygens (including phenoxy) is 4. The molecule has 0 aromatic rings. The summed E-state index contributed by atoms with van der Waals surface area (Å²) >= 11 is 0. The van der Waals surface area contributed by atoms with Crippen molar-refractivity contribution in [3.8, 4) is 0 Å². The molecule has 0 saturated carbocycles. The molecule has 0 radical (unpaired) electrons. The molecule has 374 valence electrons. The largest absolute Gasteiger partial charge is 0.457 e. The van der Waals surface area contributed by atoms with Crippen molar-refractivity contribution in [3.05, 3.63) is 48.6 Å². The molecule has 1 aliphatic rings. The minimum atomic E-state index is -5.07. The first-order valence-electron chi connectivity index (χ1n) is 25.4. The van der Waals surface area contributed by atoms with Gasteiger partial charge in [0, 0.05) is 13.0 Å². The molecular weight excluding hydrogens is 837 g/mol. The third kappa shape index (κ3) is 35.3. The van der Waals surface area contributed by atoms with Gasteiger partial charge in [-0.15, -0.1) is 0 Å². The van der Waals surface area contributed by atoms with Crippen molar-refractivity contribution in [2.24, 2.45) is 0 Å². The molecule has 1 heterocycles. The lowest BCUT2D eigenvalue weighted by Crippen LogP contribution is -2.60. The number of esters is 1. The molecule has 0 bridgehead atoms. The third-order valence-electron chi connectivity index (χ3n) is 11.4. The van der Waals surface area contributed by atoms with Gasteiger partial charge in [-0.25, -0.2) is 4.18 Å². The molecule has 0 aromatic carbocycles. The van der Waals surface area contributed by atoms with Crippen molar-refractivity contribution in [3.63, 3.8) is 0 Å². The number of rotatable bonds is 44. The van der Waals surface area contributed by atoms with E-state index in [1.807, 2.05) is 0 Å². The van der Waals surface area contributed by atoms with E-state index in [-0.39, 0.29) is 19.6 Å². The van der Waals surface area contributed by atoms with Gasteiger partial charge in [-0.2, -0.15) is 8.42 Å². The Morgan fingerprint density at radius 2 is 1.08 bits per heavy atom. The van der Waals surface area contributed by atoms with Crippen LogP contribution in [0.3, 0.4) is 0 Å². The normalized spacial score (nSPS) is 20.1. The van der Waals surface area contributed by atoms with Crippen LogP contribution in [0.4, 0.5) is 0 Å². The van der Waals surface area contributed by atoms with Gasteiger partial charge in [-0.05, 0) is 70.6 Å². The average molecular weight is 929 g/mol. The molecular formula is C51H92O12S. The van der Waals surface area contributed by atoms with Crippen LogP contribution in [0.5, 0.6) is 0 Å². The highest BCUT2D eigenvalue weighted by Gasteiger charge is 2.48. The third-order valence-corrected chi connectivity index (χ3v) is 11.9. The predicted octanol–water partition coefficient (Wildman–Crippen LogP) is 11.5. The zero-order chi connectivity index (χ0) is 46.8. The maximum absolute atomic E-state index is 12.9. The van der Waals surface area contributed by atoms with Gasteiger partial charge in [0.2, 0.25) is 0 Å². The van der Waals surface area contributed by atoms with E-state index in [9.17, 15) is 33.1 Å². The Morgan fingerprint density at radius 3 is 1.59 bits per heavy atom. The number of aliphatic hydroxyl groups excluding tert-OH is 3. The molecule has 0 amide bonds. The van der Waals surface area contributed by atoms with Crippen molar-refractivity contribution >= 4 is 16.4 Å². The monoisotopic (exact) mass is 929 g/mol. The van der Waals surface area contributed by atoms with Crippen molar-refractivity contribution < 1.29 is 56.2 Å². The molecule has 1 fully saturated rings. The predicted molar refractivity (Wildman–Crippen MR) is 257 cm³/mol. The lowest BCUT2D eigenvalue weighted by molar-refractivity contribution is -0.301. The summed E-state index contributed by atoms with van der Waals surface area (Å²) in [5, 5.41) is 30.7. The summed E-state index contributed by atoms with van der Waals surface area (Å²) < 4.78 is 59.2. The minimum absolute atomic E-state index is 0.0276. The van der Waals surface area contributed by atoms with E-state index >= 15 is 0 Å². The smallest absolute Gasteiger partial charge is 0.397 e. The van der Waals surface area contributed by atoms with Crippen LogP contribution in [0.2, 0.25) is 0 Å². The SMILES string of the molecule is CC/C=C\C/C=C\C/C=C\CCCCCCCC(=O)OC(COCCCCCCCCCCCC/C=C\CCCCCCCCCC)COC1OC(CO)C(O)C(OS(=O)(=O)O)C1O. The number of carbonyl (C=O) groups is 1. The summed E-state index contributed by atoms with van der Waals surface area (Å²) in [5.41, 5.74) is 0. The highest BCUT2D eigenvalue weighted by atomic mass is 32.3. The van der Waals surface area contributed by atoms with Gasteiger partial charge in [0.15, 0.2) is 6.29 Å². The molecule has 1 rings (SSSR count). The Labute approximate surface area is 389 Å². The Balaban J connectivity index is 2.35. The molecule has 12 nitrogen and oxygen atoms in total. The van der Waals surface area contributed by atoms with E-state index < -0.39 is 59.8 Å². The second kappa shape index (κ2) is 42.4. The molecule has 1 aliphatic heterocycles. The molecule has 6 atom stereocenters. The van der Waals surface area contributed by atoms with Gasteiger partial charge in [0.25, 0.3) is 0 Å². The molecule has 6 unspecified atom stereocenters. The van der Waals surface area contributed by atoms with Crippen LogP contribution >= 0.6 is 0 Å². The Morgan fingerprint density at radius 1 is 0.609 bits per heavy atom. The number of carbonyl (C=O) groups excluding carboxylic acids is 1. The van der Waals surface area contributed by atoms with E-state index in [2.05, 4.69) is 66.6 Å². The molecule has 0 aliphatic carbocycles. The van der Waals surface area contributed by atoms with E-state index in [1.165, 1.54) is 109 Å². The van der Waals surface area contributed by atoms with Crippen LogP contribution in [0, 0.1) is 0 Å². The fourth-order valence-electron chi connectivity index (χ4n) is 7.62. The van der Waals surface area contributed by atoms with Crippen molar-refractivity contribution in [1.82, 2.24) is 0 Å². The van der Waals surface area contributed by atoms with Crippen LogP contribution in [0.15, 0.2) is 48.6 Å². The highest BCUT2D eigenvalue weighted by Crippen LogP contribution is 2.26. The average Bonchev–Trinajstić information content (AvgIpc) is 3.27. The summed E-state index contributed by atoms with van der Waals surface area (Å²) in [6.07, 6.45) is 42.9. The summed E-state index contributed by atoms with van der Waals surface area (Å²) in [6, 6.07) is 0. The van der Waals surface area contributed by atoms with E-state index in [4.69, 9.17) is 18.9 Å². The number of hydrogen-bond donors (Lipinski definition) is 4. The van der Waals surface area contributed by atoms with Crippen LogP contribution in [-0.2, 0) is 38.3 Å². The Hall–Kier alpha value is -1.94. The van der Waals surface area contributed by atoms with Gasteiger partial charge in [-0.1, -0.05) is 178 Å². The number of aliphatic hydroxyl groups is 3. The zero-order valence-corrected chi connectivity index (χ0v) is 40.9. The maximum Gasteiger partial charge on any atom is 0.397 e. The number of allylic oxidation sites excluding steroid dienone is 8. The highest BCUT2D eigenvalue weighted by molar-refractivity contribution is 7.80. The quantitative estimate of drug-likeness (QED) is 0.0197. The first-order chi connectivity index (χ1) is 31.1. The molecule has 64 heavy (non-hydrogen) atoms. The van der Waals surface area contributed by atoms with Crippen LogP contribution < -0.4 is 0 Å². The maximum atomic E-state index is 12.9. The van der Waals surface area contributed by atoms with Gasteiger partial charge in [-0.3, -0.25) is 9.35 Å².